The maximum absolute atomic E-state index is 12.2. The quantitative estimate of drug-likeness (QED) is 0.727. The fraction of sp³-hybridized carbons (Fsp3) is 0.111. The third-order valence-corrected chi connectivity index (χ3v) is 3.38. The molecule has 3 rings (SSSR count). The number of benzene rings is 1. The Morgan fingerprint density at radius 2 is 2.00 bits per heavy atom. The number of rotatable bonds is 6. The highest BCUT2D eigenvalue weighted by Crippen LogP contribution is 2.20. The predicted molar refractivity (Wildman–Crippen MR) is 90.4 cm³/mol. The lowest BCUT2D eigenvalue weighted by Crippen LogP contribution is -2.22. The van der Waals surface area contributed by atoms with Crippen molar-refractivity contribution in [3.05, 3.63) is 72.4 Å². The zero-order valence-electron chi connectivity index (χ0n) is 13.2. The van der Waals surface area contributed by atoms with Crippen LogP contribution >= 0.6 is 0 Å². The van der Waals surface area contributed by atoms with E-state index in [2.05, 4.69) is 15.6 Å². The topological polar surface area (TPSA) is 76.4 Å². The average molecular weight is 323 g/mol. The fourth-order valence-corrected chi connectivity index (χ4v) is 2.16. The lowest BCUT2D eigenvalue weighted by molar-refractivity contribution is 0.0947. The summed E-state index contributed by atoms with van der Waals surface area (Å²) in [6, 6.07) is 12.8. The summed E-state index contributed by atoms with van der Waals surface area (Å²) in [5.74, 6) is 1.27. The third kappa shape index (κ3) is 3.92. The van der Waals surface area contributed by atoms with Gasteiger partial charge in [0, 0.05) is 11.9 Å². The van der Waals surface area contributed by atoms with Crippen molar-refractivity contribution in [3.63, 3.8) is 0 Å². The molecule has 0 aliphatic heterocycles. The van der Waals surface area contributed by atoms with Gasteiger partial charge in [0.05, 0.1) is 37.4 Å². The molecule has 2 N–H and O–H groups in total. The van der Waals surface area contributed by atoms with E-state index in [1.807, 2.05) is 24.3 Å². The number of hydrogen-bond donors (Lipinski definition) is 2. The van der Waals surface area contributed by atoms with Crippen molar-refractivity contribution in [2.24, 2.45) is 0 Å². The van der Waals surface area contributed by atoms with Crippen LogP contribution in [-0.2, 0) is 6.54 Å². The number of furan rings is 1. The highest BCUT2D eigenvalue weighted by atomic mass is 16.5. The zero-order valence-corrected chi connectivity index (χ0v) is 13.2. The van der Waals surface area contributed by atoms with Crippen LogP contribution in [0.2, 0.25) is 0 Å². The first kappa shape index (κ1) is 15.6. The third-order valence-electron chi connectivity index (χ3n) is 3.38. The molecule has 0 radical (unpaired) electrons. The lowest BCUT2D eigenvalue weighted by Gasteiger charge is -2.09. The molecule has 0 bridgehead atoms. The first-order valence-electron chi connectivity index (χ1n) is 7.41. The Bertz CT molecular complexity index is 799. The van der Waals surface area contributed by atoms with Crippen LogP contribution in [-0.4, -0.2) is 18.0 Å². The molecule has 122 valence electrons. The van der Waals surface area contributed by atoms with Crippen LogP contribution in [0.4, 0.5) is 11.4 Å². The van der Waals surface area contributed by atoms with Crippen molar-refractivity contribution in [1.82, 2.24) is 10.3 Å². The highest BCUT2D eigenvalue weighted by Gasteiger charge is 2.08. The van der Waals surface area contributed by atoms with Crippen molar-refractivity contribution < 1.29 is 13.9 Å². The van der Waals surface area contributed by atoms with Gasteiger partial charge in [-0.1, -0.05) is 0 Å². The van der Waals surface area contributed by atoms with E-state index in [4.69, 9.17) is 9.15 Å². The minimum Gasteiger partial charge on any atom is -0.497 e. The van der Waals surface area contributed by atoms with E-state index in [1.54, 1.807) is 37.8 Å². The molecule has 0 unspecified atom stereocenters. The summed E-state index contributed by atoms with van der Waals surface area (Å²) in [5, 5.41) is 5.99. The Morgan fingerprint density at radius 3 is 2.71 bits per heavy atom. The molecule has 0 fully saturated rings. The van der Waals surface area contributed by atoms with Gasteiger partial charge in [0.15, 0.2) is 0 Å². The maximum Gasteiger partial charge on any atom is 0.253 e. The second-order valence-electron chi connectivity index (χ2n) is 5.08. The van der Waals surface area contributed by atoms with Crippen LogP contribution in [0.3, 0.4) is 0 Å². The van der Waals surface area contributed by atoms with Gasteiger partial charge in [-0.3, -0.25) is 9.78 Å². The molecule has 0 aliphatic rings. The normalized spacial score (nSPS) is 10.2. The molecule has 1 amide bonds. The minimum atomic E-state index is -0.211. The average Bonchev–Trinajstić information content (AvgIpc) is 3.14. The second kappa shape index (κ2) is 7.32. The number of pyridine rings is 1. The van der Waals surface area contributed by atoms with Crippen molar-refractivity contribution in [3.8, 4) is 5.75 Å². The largest absolute Gasteiger partial charge is 0.497 e. The summed E-state index contributed by atoms with van der Waals surface area (Å²) in [4.78, 5) is 16.3. The molecule has 1 aromatic carbocycles. The van der Waals surface area contributed by atoms with Gasteiger partial charge in [0.2, 0.25) is 0 Å². The van der Waals surface area contributed by atoms with Gasteiger partial charge in [-0.05, 0) is 42.5 Å². The first-order valence-corrected chi connectivity index (χ1v) is 7.41. The molecule has 6 heteroatoms. The van der Waals surface area contributed by atoms with E-state index in [0.29, 0.717) is 17.9 Å². The van der Waals surface area contributed by atoms with Gasteiger partial charge in [-0.15, -0.1) is 0 Å². The van der Waals surface area contributed by atoms with Crippen LogP contribution in [0.15, 0.2) is 65.5 Å². The van der Waals surface area contributed by atoms with Crippen LogP contribution in [0.5, 0.6) is 5.75 Å². The van der Waals surface area contributed by atoms with Gasteiger partial charge < -0.3 is 19.8 Å². The number of carbonyl (C=O) groups is 1. The SMILES string of the molecule is COc1ccc(Nc2cncc(C(=O)NCc3ccco3)c2)cc1. The van der Waals surface area contributed by atoms with E-state index in [-0.39, 0.29) is 5.91 Å². The van der Waals surface area contributed by atoms with Crippen molar-refractivity contribution in [1.29, 1.82) is 0 Å². The molecule has 2 aromatic heterocycles. The minimum absolute atomic E-state index is 0.211. The van der Waals surface area contributed by atoms with Crippen LogP contribution in [0.25, 0.3) is 0 Å². The van der Waals surface area contributed by atoms with Gasteiger partial charge in [-0.2, -0.15) is 0 Å². The van der Waals surface area contributed by atoms with E-state index in [0.717, 1.165) is 17.1 Å². The number of nitrogens with zero attached hydrogens (tertiary/aromatic N) is 1. The van der Waals surface area contributed by atoms with Gasteiger partial charge >= 0.3 is 0 Å². The molecule has 0 atom stereocenters. The number of ether oxygens (including phenoxy) is 1. The number of carbonyl (C=O) groups excluding carboxylic acids is 1. The summed E-state index contributed by atoms with van der Waals surface area (Å²) < 4.78 is 10.3. The molecular formula is C18H17N3O3. The van der Waals surface area contributed by atoms with Gasteiger partial charge in [0.25, 0.3) is 5.91 Å². The fourth-order valence-electron chi connectivity index (χ4n) is 2.16. The van der Waals surface area contributed by atoms with E-state index in [9.17, 15) is 4.79 Å². The number of amides is 1. The summed E-state index contributed by atoms with van der Waals surface area (Å²) in [6.07, 6.45) is 4.76. The van der Waals surface area contributed by atoms with Crippen LogP contribution in [0, 0.1) is 0 Å². The number of anilines is 2. The molecule has 6 nitrogen and oxygen atoms in total. The van der Waals surface area contributed by atoms with Crippen molar-refractivity contribution in [2.45, 2.75) is 6.54 Å². The summed E-state index contributed by atoms with van der Waals surface area (Å²) in [5.41, 5.74) is 2.08. The smallest absolute Gasteiger partial charge is 0.253 e. The van der Waals surface area contributed by atoms with Crippen molar-refractivity contribution >= 4 is 17.3 Å². The predicted octanol–water partition coefficient (Wildman–Crippen LogP) is 3.36. The zero-order chi connectivity index (χ0) is 16.8. The first-order chi connectivity index (χ1) is 11.7. The second-order valence-corrected chi connectivity index (χ2v) is 5.08. The molecule has 2 heterocycles. The Labute approximate surface area is 139 Å². The summed E-state index contributed by atoms with van der Waals surface area (Å²) >= 11 is 0. The lowest BCUT2D eigenvalue weighted by atomic mass is 10.2. The van der Waals surface area contributed by atoms with E-state index < -0.39 is 0 Å². The molecule has 0 spiro atoms. The summed E-state index contributed by atoms with van der Waals surface area (Å²) in [6.45, 7) is 0.335. The van der Waals surface area contributed by atoms with Gasteiger partial charge in [0.1, 0.15) is 11.5 Å². The Morgan fingerprint density at radius 1 is 1.17 bits per heavy atom. The van der Waals surface area contributed by atoms with Gasteiger partial charge in [-0.25, -0.2) is 0 Å². The molecule has 24 heavy (non-hydrogen) atoms. The number of methoxy groups -OCH3 is 1. The monoisotopic (exact) mass is 323 g/mol. The van der Waals surface area contributed by atoms with E-state index in [1.165, 1.54) is 6.20 Å². The van der Waals surface area contributed by atoms with Crippen LogP contribution < -0.4 is 15.4 Å². The number of aromatic nitrogens is 1. The van der Waals surface area contributed by atoms with E-state index >= 15 is 0 Å². The highest BCUT2D eigenvalue weighted by molar-refractivity contribution is 5.94. The van der Waals surface area contributed by atoms with Crippen LogP contribution in [0.1, 0.15) is 16.1 Å². The van der Waals surface area contributed by atoms with Crippen molar-refractivity contribution in [2.75, 3.05) is 12.4 Å². The standard InChI is InChI=1S/C18H17N3O3/c1-23-16-6-4-14(5-7-16)21-15-9-13(10-19-11-15)18(22)20-12-17-3-2-8-24-17/h2-11,21H,12H2,1H3,(H,20,22). The maximum atomic E-state index is 12.2. The Balaban J connectivity index is 1.65. The molecular weight excluding hydrogens is 306 g/mol. The molecule has 3 aromatic rings. The summed E-state index contributed by atoms with van der Waals surface area (Å²) in [7, 11) is 1.62. The Kier molecular flexibility index (Phi) is 4.76. The number of hydrogen-bond acceptors (Lipinski definition) is 5. The molecule has 0 saturated carbocycles. The Hall–Kier alpha value is -3.28. The molecule has 0 aliphatic carbocycles. The number of nitrogens with one attached hydrogen (secondary N) is 2. The molecule has 0 saturated heterocycles.